The molecule has 3 saturated heterocycles. The number of hydrogen-bond acceptors (Lipinski definition) is 4. The summed E-state index contributed by atoms with van der Waals surface area (Å²) in [6, 6.07) is 2.31. The van der Waals surface area contributed by atoms with E-state index in [1.54, 1.807) is 6.20 Å². The van der Waals surface area contributed by atoms with Crippen molar-refractivity contribution >= 4 is 33.6 Å². The van der Waals surface area contributed by atoms with Crippen LogP contribution in [-0.4, -0.2) is 39.0 Å². The van der Waals surface area contributed by atoms with Crippen LogP contribution in [-0.2, 0) is 4.79 Å². The number of piperidine rings is 1. The van der Waals surface area contributed by atoms with Crippen LogP contribution in [0.3, 0.4) is 0 Å². The van der Waals surface area contributed by atoms with Gasteiger partial charge in [0.05, 0.1) is 16.2 Å². The number of halogens is 1. The highest BCUT2D eigenvalue weighted by atomic mass is 79.9. The summed E-state index contributed by atoms with van der Waals surface area (Å²) in [5, 5.41) is 3.73. The zero-order valence-corrected chi connectivity index (χ0v) is 14.1. The monoisotopic (exact) mass is 367 g/mol. The van der Waals surface area contributed by atoms with Gasteiger partial charge >= 0.3 is 0 Å². The summed E-state index contributed by atoms with van der Waals surface area (Å²) in [4.78, 5) is 19.5. The molecular weight excluding hydrogens is 350 g/mol. The predicted octanol–water partition coefficient (Wildman–Crippen LogP) is 2.70. The highest BCUT2D eigenvalue weighted by Gasteiger charge is 2.56. The van der Waals surface area contributed by atoms with Gasteiger partial charge in [-0.3, -0.25) is 9.78 Å². The summed E-state index contributed by atoms with van der Waals surface area (Å²) >= 11 is 5.41. The number of thioether (sulfide) groups is 1. The van der Waals surface area contributed by atoms with Crippen molar-refractivity contribution in [2.75, 3.05) is 13.1 Å². The summed E-state index contributed by atoms with van der Waals surface area (Å²) in [6.07, 6.45) is 7.78. The molecule has 2 unspecified atom stereocenters. The van der Waals surface area contributed by atoms with E-state index < -0.39 is 0 Å². The Kier molecular flexibility index (Phi) is 3.51. The Morgan fingerprint density at radius 1 is 1.33 bits per heavy atom. The molecule has 1 spiro atoms. The molecule has 1 N–H and O–H groups in total. The van der Waals surface area contributed by atoms with Gasteiger partial charge in [0, 0.05) is 16.9 Å². The van der Waals surface area contributed by atoms with Crippen LogP contribution < -0.4 is 5.32 Å². The van der Waals surface area contributed by atoms with Gasteiger partial charge in [-0.05, 0) is 66.3 Å². The fourth-order valence-corrected chi connectivity index (χ4v) is 5.97. The molecule has 21 heavy (non-hydrogen) atoms. The second-order valence-electron chi connectivity index (χ2n) is 6.06. The van der Waals surface area contributed by atoms with E-state index in [-0.39, 0.29) is 10.8 Å². The number of aromatic nitrogens is 1. The minimum absolute atomic E-state index is 0.159. The summed E-state index contributed by atoms with van der Waals surface area (Å²) in [6.45, 7) is 1.92. The van der Waals surface area contributed by atoms with E-state index in [1.807, 2.05) is 18.0 Å². The number of carbonyl (C=O) groups excluding carboxylic acids is 1. The number of carbonyl (C=O) groups is 1. The molecule has 1 aromatic heterocycles. The number of rotatable bonds is 1. The van der Waals surface area contributed by atoms with Crippen LogP contribution in [0.15, 0.2) is 22.9 Å². The zero-order chi connectivity index (χ0) is 14.4. The van der Waals surface area contributed by atoms with Gasteiger partial charge in [-0.2, -0.15) is 0 Å². The number of pyridine rings is 1. The molecule has 2 atom stereocenters. The van der Waals surface area contributed by atoms with Crippen molar-refractivity contribution in [1.29, 1.82) is 0 Å². The van der Waals surface area contributed by atoms with Crippen molar-refractivity contribution in [2.45, 2.75) is 41.8 Å². The molecule has 1 amide bonds. The lowest BCUT2D eigenvalue weighted by Crippen LogP contribution is -2.46. The first kappa shape index (κ1) is 14.0. The van der Waals surface area contributed by atoms with E-state index in [1.165, 1.54) is 0 Å². The highest BCUT2D eigenvalue weighted by molar-refractivity contribution is 9.10. The molecule has 3 aliphatic rings. The van der Waals surface area contributed by atoms with Crippen molar-refractivity contribution in [1.82, 2.24) is 15.2 Å². The van der Waals surface area contributed by atoms with Crippen LogP contribution >= 0.6 is 27.7 Å². The Morgan fingerprint density at radius 3 is 2.90 bits per heavy atom. The topological polar surface area (TPSA) is 45.2 Å². The van der Waals surface area contributed by atoms with Crippen molar-refractivity contribution in [2.24, 2.45) is 0 Å². The molecule has 1 aromatic rings. The SMILES string of the molecule is O=C1N2C(CCC2c2cncc(Br)c2)SC12CCNCC2. The summed E-state index contributed by atoms with van der Waals surface area (Å²) < 4.78 is 0.827. The maximum Gasteiger partial charge on any atom is 0.240 e. The van der Waals surface area contributed by atoms with E-state index in [2.05, 4.69) is 37.2 Å². The Labute approximate surface area is 137 Å². The first-order valence-electron chi connectivity index (χ1n) is 7.51. The Bertz CT molecular complexity index is 576. The van der Waals surface area contributed by atoms with Gasteiger partial charge in [0.2, 0.25) is 5.91 Å². The lowest BCUT2D eigenvalue weighted by Gasteiger charge is -2.32. The Hall–Kier alpha value is -0.590. The number of fused-ring (bicyclic) bond motifs is 1. The van der Waals surface area contributed by atoms with Gasteiger partial charge in [-0.25, -0.2) is 0 Å². The van der Waals surface area contributed by atoms with E-state index in [0.29, 0.717) is 11.3 Å². The fraction of sp³-hybridized carbons (Fsp3) is 0.600. The Balaban J connectivity index is 1.64. The van der Waals surface area contributed by atoms with E-state index >= 15 is 0 Å². The molecular formula is C15H18BrN3OS. The van der Waals surface area contributed by atoms with E-state index in [0.717, 1.165) is 48.8 Å². The lowest BCUT2D eigenvalue weighted by atomic mass is 9.94. The van der Waals surface area contributed by atoms with Gasteiger partial charge < -0.3 is 10.2 Å². The maximum absolute atomic E-state index is 13.1. The average molecular weight is 368 g/mol. The van der Waals surface area contributed by atoms with Crippen LogP contribution in [0.4, 0.5) is 0 Å². The number of hydrogen-bond donors (Lipinski definition) is 1. The van der Waals surface area contributed by atoms with Gasteiger partial charge in [0.25, 0.3) is 0 Å². The zero-order valence-electron chi connectivity index (χ0n) is 11.7. The maximum atomic E-state index is 13.1. The van der Waals surface area contributed by atoms with Crippen LogP contribution in [0.1, 0.15) is 37.3 Å². The first-order valence-corrected chi connectivity index (χ1v) is 9.19. The third kappa shape index (κ3) is 2.23. The van der Waals surface area contributed by atoms with Crippen LogP contribution in [0.5, 0.6) is 0 Å². The van der Waals surface area contributed by atoms with Crippen molar-refractivity contribution in [3.8, 4) is 0 Å². The molecule has 0 bridgehead atoms. The van der Waals surface area contributed by atoms with Crippen molar-refractivity contribution in [3.05, 3.63) is 28.5 Å². The van der Waals surface area contributed by atoms with Crippen LogP contribution in [0.25, 0.3) is 0 Å². The molecule has 4 heterocycles. The molecule has 0 aromatic carbocycles. The van der Waals surface area contributed by atoms with Crippen molar-refractivity contribution in [3.63, 3.8) is 0 Å². The highest BCUT2D eigenvalue weighted by Crippen LogP contribution is 2.54. The number of amides is 1. The van der Waals surface area contributed by atoms with Crippen LogP contribution in [0, 0.1) is 0 Å². The van der Waals surface area contributed by atoms with E-state index in [4.69, 9.17) is 0 Å². The van der Waals surface area contributed by atoms with Gasteiger partial charge in [0.15, 0.2) is 0 Å². The lowest BCUT2D eigenvalue weighted by molar-refractivity contribution is -0.134. The molecule has 6 heteroatoms. The standard InChI is InChI=1S/C15H18BrN3OS/c16-11-7-10(8-18-9-11)12-1-2-13-19(12)14(20)15(21-13)3-5-17-6-4-15/h7-9,12-13,17H,1-6H2. The quantitative estimate of drug-likeness (QED) is 0.828. The first-order chi connectivity index (χ1) is 10.2. The average Bonchev–Trinajstić information content (AvgIpc) is 3.00. The third-order valence-corrected chi connectivity index (χ3v) is 7.04. The number of nitrogens with zero attached hydrogens (tertiary/aromatic N) is 2. The minimum Gasteiger partial charge on any atom is -0.322 e. The minimum atomic E-state index is -0.159. The Morgan fingerprint density at radius 2 is 2.14 bits per heavy atom. The summed E-state index contributed by atoms with van der Waals surface area (Å²) in [5.74, 6) is 0.362. The normalized spacial score (nSPS) is 30.9. The molecule has 0 radical (unpaired) electrons. The second-order valence-corrected chi connectivity index (χ2v) is 8.54. The predicted molar refractivity (Wildman–Crippen MR) is 87.0 cm³/mol. The molecule has 112 valence electrons. The number of nitrogens with one attached hydrogen (secondary N) is 1. The molecule has 4 rings (SSSR count). The van der Waals surface area contributed by atoms with Crippen LogP contribution in [0.2, 0.25) is 0 Å². The molecule has 3 aliphatic heterocycles. The van der Waals surface area contributed by atoms with Gasteiger partial charge in [-0.1, -0.05) is 0 Å². The molecule has 4 nitrogen and oxygen atoms in total. The van der Waals surface area contributed by atoms with E-state index in [9.17, 15) is 4.79 Å². The summed E-state index contributed by atoms with van der Waals surface area (Å²) in [5.41, 5.74) is 1.16. The third-order valence-electron chi connectivity index (χ3n) is 4.84. The largest absolute Gasteiger partial charge is 0.322 e. The second kappa shape index (κ2) is 5.25. The van der Waals surface area contributed by atoms with Gasteiger partial charge in [-0.15, -0.1) is 11.8 Å². The molecule has 3 fully saturated rings. The molecule has 0 saturated carbocycles. The summed E-state index contributed by atoms with van der Waals surface area (Å²) in [7, 11) is 0. The molecule has 0 aliphatic carbocycles. The smallest absolute Gasteiger partial charge is 0.240 e. The van der Waals surface area contributed by atoms with Crippen molar-refractivity contribution < 1.29 is 4.79 Å². The fourth-order valence-electron chi connectivity index (χ4n) is 3.81. The van der Waals surface area contributed by atoms with Gasteiger partial charge in [0.1, 0.15) is 0 Å².